The summed E-state index contributed by atoms with van der Waals surface area (Å²) in [5, 5.41) is 50.4. The van der Waals surface area contributed by atoms with Crippen LogP contribution >= 0.6 is 0 Å². The van der Waals surface area contributed by atoms with Crippen LogP contribution in [0, 0.1) is 10.1 Å². The predicted octanol–water partition coefficient (Wildman–Crippen LogP) is 0.620. The van der Waals surface area contributed by atoms with Crippen molar-refractivity contribution in [1.29, 1.82) is 0 Å². The molecule has 1 aliphatic heterocycles. The standard InChI is InChI=1S/C27H41N5O10/c1-17(24(33)34)28-9-10-29(18(2)25(35)36)13-14-31(20(4)27(39)40)23(16-30(12-11-28)19(3)26(37)38)15-21-5-7-22(8-6-21)32(41)42/h5-8,17-20,23H,9-16H2,1-4H3,(H,33,34)(H,35,36)(H,37,38)(H,39,40). The number of carboxylic acids is 4. The number of nitro groups is 1. The van der Waals surface area contributed by atoms with Gasteiger partial charge in [0, 0.05) is 64.0 Å². The molecule has 42 heavy (non-hydrogen) atoms. The highest BCUT2D eigenvalue weighted by molar-refractivity contribution is 5.74. The molecule has 0 aromatic heterocycles. The lowest BCUT2D eigenvalue weighted by Gasteiger charge is -2.42. The number of rotatable bonds is 11. The third-order valence-corrected chi connectivity index (χ3v) is 8.10. The number of carbonyl (C=O) groups is 4. The normalized spacial score (nSPS) is 21.7. The summed E-state index contributed by atoms with van der Waals surface area (Å²) < 4.78 is 0. The van der Waals surface area contributed by atoms with Crippen LogP contribution < -0.4 is 0 Å². The Morgan fingerprint density at radius 1 is 0.714 bits per heavy atom. The van der Waals surface area contributed by atoms with Crippen molar-refractivity contribution in [1.82, 2.24) is 19.6 Å². The van der Waals surface area contributed by atoms with E-state index in [9.17, 15) is 49.7 Å². The Morgan fingerprint density at radius 3 is 1.50 bits per heavy atom. The Morgan fingerprint density at radius 2 is 1.10 bits per heavy atom. The molecule has 2 rings (SSSR count). The molecule has 5 unspecified atom stereocenters. The second-order valence-corrected chi connectivity index (χ2v) is 10.6. The average Bonchev–Trinajstić information content (AvgIpc) is 2.92. The quantitative estimate of drug-likeness (QED) is 0.204. The maximum Gasteiger partial charge on any atom is 0.320 e. The fraction of sp³-hybridized carbons (Fsp3) is 0.630. The second kappa shape index (κ2) is 15.5. The van der Waals surface area contributed by atoms with Gasteiger partial charge in [0.1, 0.15) is 24.2 Å². The summed E-state index contributed by atoms with van der Waals surface area (Å²) in [6.07, 6.45) is 0.224. The zero-order chi connectivity index (χ0) is 31.7. The van der Waals surface area contributed by atoms with Crippen LogP contribution in [0.15, 0.2) is 24.3 Å². The molecule has 1 saturated heterocycles. The second-order valence-electron chi connectivity index (χ2n) is 10.6. The summed E-state index contributed by atoms with van der Waals surface area (Å²) in [5.74, 6) is -4.38. The van der Waals surface area contributed by atoms with Crippen molar-refractivity contribution in [2.75, 3.05) is 45.8 Å². The predicted molar refractivity (Wildman–Crippen MR) is 150 cm³/mol. The van der Waals surface area contributed by atoms with E-state index in [2.05, 4.69) is 0 Å². The first-order valence-electron chi connectivity index (χ1n) is 13.8. The van der Waals surface area contributed by atoms with E-state index in [4.69, 9.17) is 0 Å². The van der Waals surface area contributed by atoms with E-state index in [1.807, 2.05) is 0 Å². The van der Waals surface area contributed by atoms with Crippen LogP contribution in [0.5, 0.6) is 0 Å². The van der Waals surface area contributed by atoms with E-state index < -0.39 is 59.0 Å². The van der Waals surface area contributed by atoms with E-state index in [1.54, 1.807) is 31.7 Å². The Bertz CT molecular complexity index is 1120. The number of hydrogen-bond donors (Lipinski definition) is 4. The zero-order valence-corrected chi connectivity index (χ0v) is 24.3. The molecule has 15 nitrogen and oxygen atoms in total. The smallest absolute Gasteiger partial charge is 0.320 e. The first-order chi connectivity index (χ1) is 19.6. The maximum atomic E-state index is 12.2. The molecule has 5 atom stereocenters. The van der Waals surface area contributed by atoms with Gasteiger partial charge in [-0.1, -0.05) is 12.1 Å². The first kappa shape index (κ1) is 34.5. The molecule has 15 heteroatoms. The van der Waals surface area contributed by atoms with Crippen LogP contribution in [0.1, 0.15) is 33.3 Å². The highest BCUT2D eigenvalue weighted by Gasteiger charge is 2.35. The molecule has 1 aromatic rings. The van der Waals surface area contributed by atoms with Gasteiger partial charge >= 0.3 is 23.9 Å². The summed E-state index contributed by atoms with van der Waals surface area (Å²) in [4.78, 5) is 65.4. The Labute approximate surface area is 244 Å². The van der Waals surface area contributed by atoms with E-state index in [0.29, 0.717) is 5.56 Å². The molecule has 1 aromatic carbocycles. The van der Waals surface area contributed by atoms with Crippen molar-refractivity contribution in [2.45, 2.75) is 64.3 Å². The van der Waals surface area contributed by atoms with Crippen molar-refractivity contribution in [2.24, 2.45) is 0 Å². The summed E-state index contributed by atoms with van der Waals surface area (Å²) in [7, 11) is 0. The molecule has 0 bridgehead atoms. The minimum Gasteiger partial charge on any atom is -0.480 e. The van der Waals surface area contributed by atoms with Crippen molar-refractivity contribution in [3.8, 4) is 0 Å². The summed E-state index contributed by atoms with van der Waals surface area (Å²) >= 11 is 0. The fourth-order valence-corrected chi connectivity index (χ4v) is 5.09. The summed E-state index contributed by atoms with van der Waals surface area (Å²) in [5.41, 5.74) is 0.556. The Balaban J connectivity index is 2.60. The molecule has 0 amide bonds. The number of non-ortho nitro benzene ring substituents is 1. The van der Waals surface area contributed by atoms with Gasteiger partial charge in [0.25, 0.3) is 5.69 Å². The molecular formula is C27H41N5O10. The Kier molecular flexibility index (Phi) is 12.8. The van der Waals surface area contributed by atoms with Crippen LogP contribution in [0.3, 0.4) is 0 Å². The number of carboxylic acid groups (broad SMARTS) is 4. The first-order valence-corrected chi connectivity index (χ1v) is 13.8. The molecule has 4 N–H and O–H groups in total. The van der Waals surface area contributed by atoms with E-state index in [1.165, 1.54) is 39.8 Å². The monoisotopic (exact) mass is 595 g/mol. The molecule has 0 spiro atoms. The van der Waals surface area contributed by atoms with Gasteiger partial charge in [-0.2, -0.15) is 0 Å². The molecule has 1 aliphatic rings. The number of nitro benzene ring substituents is 1. The van der Waals surface area contributed by atoms with Gasteiger partial charge in [-0.05, 0) is 39.7 Å². The van der Waals surface area contributed by atoms with Gasteiger partial charge in [0.05, 0.1) is 4.92 Å². The summed E-state index contributed by atoms with van der Waals surface area (Å²) in [6, 6.07) is 1.36. The minimum atomic E-state index is -1.12. The van der Waals surface area contributed by atoms with Gasteiger partial charge in [0.2, 0.25) is 0 Å². The van der Waals surface area contributed by atoms with E-state index >= 15 is 0 Å². The van der Waals surface area contributed by atoms with Crippen LogP contribution in [-0.4, -0.2) is 145 Å². The van der Waals surface area contributed by atoms with Crippen LogP contribution in [0.4, 0.5) is 5.69 Å². The van der Waals surface area contributed by atoms with Crippen LogP contribution in [0.2, 0.25) is 0 Å². The zero-order valence-electron chi connectivity index (χ0n) is 24.3. The lowest BCUT2D eigenvalue weighted by atomic mass is 10.0. The molecule has 0 saturated carbocycles. The largest absolute Gasteiger partial charge is 0.480 e. The fourth-order valence-electron chi connectivity index (χ4n) is 5.09. The van der Waals surface area contributed by atoms with Crippen molar-refractivity contribution < 1.29 is 44.5 Å². The molecule has 1 heterocycles. The van der Waals surface area contributed by atoms with Gasteiger partial charge in [-0.15, -0.1) is 0 Å². The maximum absolute atomic E-state index is 12.2. The highest BCUT2D eigenvalue weighted by Crippen LogP contribution is 2.20. The lowest BCUT2D eigenvalue weighted by molar-refractivity contribution is -0.384. The van der Waals surface area contributed by atoms with Gasteiger partial charge in [-0.3, -0.25) is 48.9 Å². The topological polar surface area (TPSA) is 205 Å². The third-order valence-electron chi connectivity index (χ3n) is 8.10. The van der Waals surface area contributed by atoms with Gasteiger partial charge in [0.15, 0.2) is 0 Å². The molecule has 1 fully saturated rings. The molecule has 234 valence electrons. The third kappa shape index (κ3) is 9.44. The van der Waals surface area contributed by atoms with Gasteiger partial charge < -0.3 is 20.4 Å². The molecular weight excluding hydrogens is 554 g/mol. The van der Waals surface area contributed by atoms with Crippen LogP contribution in [-0.2, 0) is 25.6 Å². The number of benzene rings is 1. The Hall–Kier alpha value is -3.66. The van der Waals surface area contributed by atoms with E-state index in [0.717, 1.165) is 0 Å². The van der Waals surface area contributed by atoms with E-state index in [-0.39, 0.29) is 57.9 Å². The minimum absolute atomic E-state index is 0.0891. The average molecular weight is 596 g/mol. The lowest BCUT2D eigenvalue weighted by Crippen LogP contribution is -2.58. The number of aliphatic carboxylic acids is 4. The molecule has 0 aliphatic carbocycles. The highest BCUT2D eigenvalue weighted by atomic mass is 16.6. The van der Waals surface area contributed by atoms with Crippen molar-refractivity contribution in [3.63, 3.8) is 0 Å². The number of hydrogen-bond acceptors (Lipinski definition) is 10. The number of nitrogens with zero attached hydrogens (tertiary/aromatic N) is 5. The van der Waals surface area contributed by atoms with Crippen molar-refractivity contribution in [3.05, 3.63) is 39.9 Å². The van der Waals surface area contributed by atoms with Gasteiger partial charge in [-0.25, -0.2) is 0 Å². The molecule has 0 radical (unpaired) electrons. The van der Waals surface area contributed by atoms with Crippen LogP contribution in [0.25, 0.3) is 0 Å². The van der Waals surface area contributed by atoms with Crippen molar-refractivity contribution >= 4 is 29.6 Å². The SMILES string of the molecule is CC(C(=O)O)N1CCN(C(C)C(=O)O)CCN(C(C)C(=O)O)C(Cc2ccc([N+](=O)[O-])cc2)CN(C(C)C(=O)O)CC1. The summed E-state index contributed by atoms with van der Waals surface area (Å²) in [6.45, 7) is 7.07.